The molecule has 1 atom stereocenters. The summed E-state index contributed by atoms with van der Waals surface area (Å²) in [5.41, 5.74) is -0.939. The monoisotopic (exact) mass is 514 g/mol. The van der Waals surface area contributed by atoms with Gasteiger partial charge in [-0.2, -0.15) is 0 Å². The number of rotatable bonds is 6. The first kappa shape index (κ1) is 25.4. The lowest BCUT2D eigenvalue weighted by Gasteiger charge is -2.36. The van der Waals surface area contributed by atoms with Gasteiger partial charge in [0.1, 0.15) is 17.4 Å². The third kappa shape index (κ3) is 4.46. The molecule has 1 aliphatic heterocycles. The van der Waals surface area contributed by atoms with Gasteiger partial charge in [-0.1, -0.05) is 13.0 Å². The second kappa shape index (κ2) is 9.38. The molecule has 0 aliphatic carbocycles. The molecular weight excluding hydrogens is 487 g/mol. The van der Waals surface area contributed by atoms with Gasteiger partial charge in [-0.05, 0) is 62.6 Å². The molecule has 4 rings (SSSR count). The fraction of sp³-hybridized carbons (Fsp3) is 0.320. The highest BCUT2D eigenvalue weighted by molar-refractivity contribution is 7.90. The number of benzene rings is 1. The number of pyridine rings is 2. The van der Waals surface area contributed by atoms with Crippen molar-refractivity contribution in [3.05, 3.63) is 70.4 Å². The van der Waals surface area contributed by atoms with Crippen molar-refractivity contribution in [1.82, 2.24) is 14.7 Å². The zero-order valence-corrected chi connectivity index (χ0v) is 21.1. The highest BCUT2D eigenvalue weighted by Gasteiger charge is 2.41. The number of aromatic nitrogens is 2. The Morgan fingerprint density at radius 2 is 1.97 bits per heavy atom. The lowest BCUT2D eigenvalue weighted by molar-refractivity contribution is 0.0981. The van der Waals surface area contributed by atoms with Crippen molar-refractivity contribution in [3.8, 4) is 17.0 Å². The number of hydrogen-bond acceptors (Lipinski definition) is 7. The maximum absolute atomic E-state index is 14.8. The summed E-state index contributed by atoms with van der Waals surface area (Å²) in [5.74, 6) is -0.783. The lowest BCUT2D eigenvalue weighted by atomic mass is 9.90. The first-order valence-corrected chi connectivity index (χ1v) is 12.8. The van der Waals surface area contributed by atoms with Crippen LogP contribution in [0.3, 0.4) is 0 Å². The van der Waals surface area contributed by atoms with E-state index in [-0.39, 0.29) is 34.3 Å². The van der Waals surface area contributed by atoms with Gasteiger partial charge in [0.15, 0.2) is 4.90 Å². The van der Waals surface area contributed by atoms with Crippen molar-refractivity contribution in [2.24, 2.45) is 5.92 Å². The molecule has 1 amide bonds. The minimum atomic E-state index is -4.47. The van der Waals surface area contributed by atoms with E-state index < -0.39 is 37.7 Å². The molecule has 1 unspecified atom stereocenters. The highest BCUT2D eigenvalue weighted by Crippen LogP contribution is 2.40. The zero-order chi connectivity index (χ0) is 26.3. The maximum atomic E-state index is 14.8. The van der Waals surface area contributed by atoms with E-state index in [9.17, 15) is 22.4 Å². The topological polar surface area (TPSA) is 121 Å². The third-order valence-electron chi connectivity index (χ3n) is 6.81. The minimum absolute atomic E-state index is 0.0211. The molecule has 1 aromatic carbocycles. The molecule has 1 aliphatic rings. The molecule has 190 valence electrons. The normalized spacial score (nSPS) is 17.1. The number of carbonyl (C=O) groups excluding carboxylic acids is 1. The molecule has 0 bridgehead atoms. The fourth-order valence-electron chi connectivity index (χ4n) is 4.35. The molecule has 3 aromatic rings. The summed E-state index contributed by atoms with van der Waals surface area (Å²) in [6.45, 7) is 6.65. The molecule has 0 spiro atoms. The Bertz CT molecular complexity index is 1490. The van der Waals surface area contributed by atoms with Gasteiger partial charge in [0, 0.05) is 18.3 Å². The van der Waals surface area contributed by atoms with Crippen molar-refractivity contribution in [2.45, 2.75) is 37.6 Å². The number of anilines is 1. The molecular formula is C25H27FN4O5S. The number of hydrogen-bond donors (Lipinski definition) is 2. The Hall–Kier alpha value is -3.73. The number of carbonyl (C=O) groups is 1. The first-order valence-electron chi connectivity index (χ1n) is 11.3. The van der Waals surface area contributed by atoms with Gasteiger partial charge in [-0.25, -0.2) is 22.5 Å². The second-order valence-corrected chi connectivity index (χ2v) is 10.8. The van der Waals surface area contributed by atoms with Crippen molar-refractivity contribution in [3.63, 3.8) is 0 Å². The van der Waals surface area contributed by atoms with Gasteiger partial charge >= 0.3 is 0 Å². The zero-order valence-electron chi connectivity index (χ0n) is 20.3. The van der Waals surface area contributed by atoms with Crippen LogP contribution in [0.1, 0.15) is 37.6 Å². The Morgan fingerprint density at radius 1 is 1.22 bits per heavy atom. The molecule has 36 heavy (non-hydrogen) atoms. The number of halogens is 1. The average molecular weight is 515 g/mol. The summed E-state index contributed by atoms with van der Waals surface area (Å²) in [4.78, 5) is 33.6. The van der Waals surface area contributed by atoms with Gasteiger partial charge in [0.2, 0.25) is 0 Å². The number of nitrogens with one attached hydrogen (secondary N) is 2. The van der Waals surface area contributed by atoms with E-state index in [1.165, 1.54) is 43.6 Å². The van der Waals surface area contributed by atoms with Crippen molar-refractivity contribution in [1.29, 1.82) is 0 Å². The number of sulfonamides is 1. The fourth-order valence-corrected chi connectivity index (χ4v) is 5.38. The summed E-state index contributed by atoms with van der Waals surface area (Å²) in [6.07, 6.45) is 2.11. The van der Waals surface area contributed by atoms with Crippen LogP contribution in [-0.4, -0.2) is 43.5 Å². The number of aromatic amines is 1. The number of methoxy groups -OCH3 is 1. The lowest BCUT2D eigenvalue weighted by Crippen LogP contribution is -2.44. The van der Waals surface area contributed by atoms with Gasteiger partial charge in [-0.15, -0.1) is 0 Å². The smallest absolute Gasteiger partial charge is 0.269 e. The van der Waals surface area contributed by atoms with E-state index in [0.29, 0.717) is 6.54 Å². The van der Waals surface area contributed by atoms with Crippen LogP contribution >= 0.6 is 0 Å². The summed E-state index contributed by atoms with van der Waals surface area (Å²) >= 11 is 0. The van der Waals surface area contributed by atoms with E-state index in [1.54, 1.807) is 6.07 Å². The van der Waals surface area contributed by atoms with E-state index in [2.05, 4.69) is 16.9 Å². The van der Waals surface area contributed by atoms with Crippen molar-refractivity contribution >= 4 is 21.7 Å². The Morgan fingerprint density at radius 3 is 2.61 bits per heavy atom. The van der Waals surface area contributed by atoms with E-state index in [4.69, 9.17) is 4.74 Å². The molecule has 9 nitrogen and oxygen atoms in total. The largest absolute Gasteiger partial charge is 0.496 e. The van der Waals surface area contributed by atoms with E-state index in [0.717, 1.165) is 12.5 Å². The molecule has 0 saturated carbocycles. The van der Waals surface area contributed by atoms with Gasteiger partial charge in [-0.3, -0.25) is 9.59 Å². The van der Waals surface area contributed by atoms with Crippen LogP contribution in [0.2, 0.25) is 0 Å². The number of H-pyrrole nitrogens is 1. The predicted octanol–water partition coefficient (Wildman–Crippen LogP) is 3.33. The highest BCUT2D eigenvalue weighted by atomic mass is 32.2. The van der Waals surface area contributed by atoms with Gasteiger partial charge < -0.3 is 14.6 Å². The molecule has 0 radical (unpaired) electrons. The number of amides is 1. The Balaban J connectivity index is 1.84. The van der Waals surface area contributed by atoms with Crippen LogP contribution in [-0.2, 0) is 10.0 Å². The molecule has 11 heteroatoms. The first-order chi connectivity index (χ1) is 17.0. The molecule has 1 fully saturated rings. The maximum Gasteiger partial charge on any atom is 0.269 e. The molecule has 1 saturated heterocycles. The van der Waals surface area contributed by atoms with Gasteiger partial charge in [0.05, 0.1) is 23.9 Å². The molecule has 3 heterocycles. The van der Waals surface area contributed by atoms with E-state index in [1.807, 2.05) is 23.5 Å². The van der Waals surface area contributed by atoms with Crippen LogP contribution in [0.25, 0.3) is 11.3 Å². The standard InChI is InChI=1S/C25H27FN4O5S/c1-15-12-14-30(25(15,2)3)22-16(23(31)29-36(33,34)20-9-6-13-27-24(20)32)10-11-18(28-22)21-17(26)7-5-8-19(21)35-4/h5-11,13,15H,12,14H2,1-4H3,(H,27,32)(H,29,31). The average Bonchev–Trinajstić information content (AvgIpc) is 3.10. The number of nitrogens with zero attached hydrogens (tertiary/aromatic N) is 2. The van der Waals surface area contributed by atoms with E-state index >= 15 is 0 Å². The summed E-state index contributed by atoms with van der Waals surface area (Å²) in [7, 11) is -3.05. The second-order valence-electron chi connectivity index (χ2n) is 9.18. The third-order valence-corrected chi connectivity index (χ3v) is 8.17. The van der Waals surface area contributed by atoms with Crippen molar-refractivity contribution in [2.75, 3.05) is 18.6 Å². The predicted molar refractivity (Wildman–Crippen MR) is 133 cm³/mol. The van der Waals surface area contributed by atoms with Crippen LogP contribution in [0.15, 0.2) is 58.4 Å². The van der Waals surface area contributed by atoms with Gasteiger partial charge in [0.25, 0.3) is 21.5 Å². The number of ether oxygens (including phenoxy) is 1. The molecule has 2 N–H and O–H groups in total. The van der Waals surface area contributed by atoms with Crippen LogP contribution in [0.4, 0.5) is 10.2 Å². The van der Waals surface area contributed by atoms with Crippen LogP contribution < -0.4 is 19.9 Å². The van der Waals surface area contributed by atoms with Crippen LogP contribution in [0, 0.1) is 11.7 Å². The van der Waals surface area contributed by atoms with Crippen LogP contribution in [0.5, 0.6) is 5.75 Å². The summed E-state index contributed by atoms with van der Waals surface area (Å²) in [6, 6.07) is 9.70. The summed E-state index contributed by atoms with van der Waals surface area (Å²) < 4.78 is 47.8. The van der Waals surface area contributed by atoms with Crippen molar-refractivity contribution < 1.29 is 22.3 Å². The summed E-state index contributed by atoms with van der Waals surface area (Å²) in [5, 5.41) is 0. The SMILES string of the molecule is COc1cccc(F)c1-c1ccc(C(=O)NS(=O)(=O)c2ccc[nH]c2=O)c(N2CCC(C)C2(C)C)n1. The Labute approximate surface area is 208 Å². The minimum Gasteiger partial charge on any atom is -0.496 e. The quantitative estimate of drug-likeness (QED) is 0.518. The Kier molecular flexibility index (Phi) is 6.61. The molecule has 2 aromatic heterocycles.